The lowest BCUT2D eigenvalue weighted by atomic mass is 10.3. The van der Waals surface area contributed by atoms with Crippen LogP contribution >= 0.6 is 27.3 Å². The minimum absolute atomic E-state index is 0.116. The Morgan fingerprint density at radius 1 is 1.50 bits per heavy atom. The number of aromatic nitrogens is 1. The third-order valence-corrected chi connectivity index (χ3v) is 3.97. The molecule has 0 saturated heterocycles. The third-order valence-electron chi connectivity index (χ3n) is 2.09. The highest BCUT2D eigenvalue weighted by Crippen LogP contribution is 2.27. The van der Waals surface area contributed by atoms with Crippen molar-refractivity contribution in [3.63, 3.8) is 0 Å². The molecule has 1 unspecified atom stereocenters. The molecular formula is C11H10BrFN2S. The van der Waals surface area contributed by atoms with Crippen LogP contribution in [-0.4, -0.2) is 4.98 Å². The first-order valence-electron chi connectivity index (χ1n) is 4.78. The highest BCUT2D eigenvalue weighted by molar-refractivity contribution is 9.10. The number of pyridine rings is 1. The second-order valence-corrected chi connectivity index (χ2v) is 5.24. The maximum absolute atomic E-state index is 12.9. The smallest absolute Gasteiger partial charge is 0.214 e. The van der Waals surface area contributed by atoms with Gasteiger partial charge in [0.2, 0.25) is 5.95 Å². The monoisotopic (exact) mass is 300 g/mol. The van der Waals surface area contributed by atoms with Gasteiger partial charge in [0.05, 0.1) is 6.04 Å². The third kappa shape index (κ3) is 2.80. The van der Waals surface area contributed by atoms with Gasteiger partial charge in [-0.25, -0.2) is 4.98 Å². The topological polar surface area (TPSA) is 24.9 Å². The van der Waals surface area contributed by atoms with Crippen molar-refractivity contribution in [3.8, 4) is 0 Å². The van der Waals surface area contributed by atoms with E-state index in [-0.39, 0.29) is 6.04 Å². The van der Waals surface area contributed by atoms with Gasteiger partial charge in [0, 0.05) is 14.7 Å². The Morgan fingerprint density at radius 2 is 2.31 bits per heavy atom. The number of rotatable bonds is 3. The number of anilines is 1. The van der Waals surface area contributed by atoms with Crippen LogP contribution in [0.5, 0.6) is 0 Å². The second kappa shape index (κ2) is 4.93. The Hall–Kier alpha value is -0.940. The molecule has 16 heavy (non-hydrogen) atoms. The SMILES string of the molecule is CC(Nc1cccc(F)n1)c1cc(Br)cs1. The summed E-state index contributed by atoms with van der Waals surface area (Å²) in [6.45, 7) is 2.02. The molecular weight excluding hydrogens is 291 g/mol. The van der Waals surface area contributed by atoms with E-state index >= 15 is 0 Å². The van der Waals surface area contributed by atoms with E-state index in [0.717, 1.165) is 4.47 Å². The van der Waals surface area contributed by atoms with E-state index in [0.29, 0.717) is 5.82 Å². The van der Waals surface area contributed by atoms with E-state index < -0.39 is 5.95 Å². The van der Waals surface area contributed by atoms with Crippen LogP contribution in [0.25, 0.3) is 0 Å². The number of halogens is 2. The number of nitrogens with zero attached hydrogens (tertiary/aromatic N) is 1. The van der Waals surface area contributed by atoms with Gasteiger partial charge >= 0.3 is 0 Å². The van der Waals surface area contributed by atoms with E-state index in [1.54, 1.807) is 23.5 Å². The van der Waals surface area contributed by atoms with Crippen molar-refractivity contribution in [2.45, 2.75) is 13.0 Å². The van der Waals surface area contributed by atoms with Gasteiger partial charge in [0.15, 0.2) is 0 Å². The molecule has 84 valence electrons. The van der Waals surface area contributed by atoms with Gasteiger partial charge in [0.1, 0.15) is 5.82 Å². The summed E-state index contributed by atoms with van der Waals surface area (Å²) < 4.78 is 13.9. The first kappa shape index (κ1) is 11.5. The minimum Gasteiger partial charge on any atom is -0.363 e. The summed E-state index contributed by atoms with van der Waals surface area (Å²) in [7, 11) is 0. The zero-order chi connectivity index (χ0) is 11.5. The Bertz CT molecular complexity index is 486. The highest BCUT2D eigenvalue weighted by atomic mass is 79.9. The molecule has 2 heterocycles. The molecule has 0 aliphatic rings. The van der Waals surface area contributed by atoms with Crippen LogP contribution in [0, 0.1) is 5.95 Å². The quantitative estimate of drug-likeness (QED) is 0.859. The molecule has 1 N–H and O–H groups in total. The lowest BCUT2D eigenvalue weighted by Gasteiger charge is -2.12. The van der Waals surface area contributed by atoms with Gasteiger partial charge in [-0.15, -0.1) is 11.3 Å². The standard InChI is InChI=1S/C11H10BrFN2S/c1-7(9-5-8(12)6-16-9)14-11-4-2-3-10(13)15-11/h2-7H,1H3,(H,14,15). The summed E-state index contributed by atoms with van der Waals surface area (Å²) in [6, 6.07) is 6.88. The predicted molar refractivity (Wildman–Crippen MR) is 68.3 cm³/mol. The van der Waals surface area contributed by atoms with Gasteiger partial charge in [-0.1, -0.05) is 6.07 Å². The summed E-state index contributed by atoms with van der Waals surface area (Å²) in [5.41, 5.74) is 0. The molecule has 2 nitrogen and oxygen atoms in total. The van der Waals surface area contributed by atoms with Gasteiger partial charge in [-0.3, -0.25) is 0 Å². The second-order valence-electron chi connectivity index (χ2n) is 3.38. The van der Waals surface area contributed by atoms with Gasteiger partial charge in [0.25, 0.3) is 0 Å². The molecule has 5 heteroatoms. The van der Waals surface area contributed by atoms with Crippen molar-refractivity contribution in [1.29, 1.82) is 0 Å². The first-order valence-corrected chi connectivity index (χ1v) is 6.45. The average molecular weight is 301 g/mol. The molecule has 2 aromatic rings. The molecule has 0 radical (unpaired) electrons. The van der Waals surface area contributed by atoms with Crippen molar-refractivity contribution >= 4 is 33.1 Å². The Kier molecular flexibility index (Phi) is 3.56. The van der Waals surface area contributed by atoms with Crippen molar-refractivity contribution in [2.75, 3.05) is 5.32 Å². The number of nitrogens with one attached hydrogen (secondary N) is 1. The first-order chi connectivity index (χ1) is 7.65. The molecule has 0 amide bonds. The van der Waals surface area contributed by atoms with Crippen LogP contribution < -0.4 is 5.32 Å². The normalized spacial score (nSPS) is 12.4. The molecule has 0 aliphatic carbocycles. The molecule has 1 atom stereocenters. The molecule has 0 fully saturated rings. The molecule has 0 bridgehead atoms. The zero-order valence-electron chi connectivity index (χ0n) is 8.58. The van der Waals surface area contributed by atoms with Crippen molar-refractivity contribution in [2.24, 2.45) is 0 Å². The number of thiophene rings is 1. The fraction of sp³-hybridized carbons (Fsp3) is 0.182. The van der Waals surface area contributed by atoms with Crippen LogP contribution in [0.15, 0.2) is 34.1 Å². The Balaban J connectivity index is 2.10. The minimum atomic E-state index is -0.468. The van der Waals surface area contributed by atoms with E-state index in [1.165, 1.54) is 10.9 Å². The Labute approximate surface area is 106 Å². The van der Waals surface area contributed by atoms with E-state index in [4.69, 9.17) is 0 Å². The van der Waals surface area contributed by atoms with E-state index in [1.807, 2.05) is 18.4 Å². The molecule has 0 spiro atoms. The fourth-order valence-corrected chi connectivity index (χ4v) is 2.79. The fourth-order valence-electron chi connectivity index (χ4n) is 1.34. The Morgan fingerprint density at radius 3 is 2.94 bits per heavy atom. The van der Waals surface area contributed by atoms with E-state index in [2.05, 4.69) is 26.2 Å². The maximum atomic E-state index is 12.9. The highest BCUT2D eigenvalue weighted by Gasteiger charge is 2.08. The van der Waals surface area contributed by atoms with Crippen molar-refractivity contribution < 1.29 is 4.39 Å². The largest absolute Gasteiger partial charge is 0.363 e. The van der Waals surface area contributed by atoms with Crippen LogP contribution in [0.2, 0.25) is 0 Å². The van der Waals surface area contributed by atoms with E-state index in [9.17, 15) is 4.39 Å². The molecule has 0 saturated carbocycles. The van der Waals surface area contributed by atoms with Crippen LogP contribution in [-0.2, 0) is 0 Å². The van der Waals surface area contributed by atoms with Crippen molar-refractivity contribution in [3.05, 3.63) is 44.9 Å². The zero-order valence-corrected chi connectivity index (χ0v) is 11.0. The molecule has 0 aliphatic heterocycles. The summed E-state index contributed by atoms with van der Waals surface area (Å²) in [5, 5.41) is 5.17. The van der Waals surface area contributed by atoms with Gasteiger partial charge in [-0.05, 0) is 41.1 Å². The van der Waals surface area contributed by atoms with Crippen LogP contribution in [0.3, 0.4) is 0 Å². The summed E-state index contributed by atoms with van der Waals surface area (Å²) in [4.78, 5) is 4.94. The van der Waals surface area contributed by atoms with Crippen molar-refractivity contribution in [1.82, 2.24) is 4.98 Å². The lowest BCUT2D eigenvalue weighted by Crippen LogP contribution is -2.06. The van der Waals surface area contributed by atoms with Crippen LogP contribution in [0.1, 0.15) is 17.8 Å². The van der Waals surface area contributed by atoms with Gasteiger partial charge in [-0.2, -0.15) is 4.39 Å². The molecule has 2 rings (SSSR count). The van der Waals surface area contributed by atoms with Crippen LogP contribution in [0.4, 0.5) is 10.2 Å². The number of hydrogen-bond donors (Lipinski definition) is 1. The summed E-state index contributed by atoms with van der Waals surface area (Å²) in [5.74, 6) is 0.0848. The average Bonchev–Trinajstić information content (AvgIpc) is 2.65. The summed E-state index contributed by atoms with van der Waals surface area (Å²) in [6.07, 6.45) is 0. The number of hydrogen-bond acceptors (Lipinski definition) is 3. The molecule has 0 aromatic carbocycles. The summed E-state index contributed by atoms with van der Waals surface area (Å²) >= 11 is 5.05. The predicted octanol–water partition coefficient (Wildman–Crippen LogP) is 4.22. The van der Waals surface area contributed by atoms with Gasteiger partial charge < -0.3 is 5.32 Å². The lowest BCUT2D eigenvalue weighted by molar-refractivity contribution is 0.584. The molecule has 2 aromatic heterocycles. The maximum Gasteiger partial charge on any atom is 0.214 e.